The lowest BCUT2D eigenvalue weighted by atomic mass is 10.3. The summed E-state index contributed by atoms with van der Waals surface area (Å²) in [5.74, 6) is 0.185. The summed E-state index contributed by atoms with van der Waals surface area (Å²) >= 11 is 0. The van der Waals surface area contributed by atoms with E-state index in [2.05, 4.69) is 10.3 Å². The predicted molar refractivity (Wildman–Crippen MR) is 101 cm³/mol. The lowest BCUT2D eigenvalue weighted by Crippen LogP contribution is -2.40. The number of rotatable bonds is 7. The van der Waals surface area contributed by atoms with Gasteiger partial charge in [0.2, 0.25) is 15.9 Å². The highest BCUT2D eigenvalue weighted by atomic mass is 32.2. The molecule has 0 saturated carbocycles. The molecule has 1 N–H and O–H groups in total. The Labute approximate surface area is 163 Å². The van der Waals surface area contributed by atoms with Crippen LogP contribution in [0.15, 0.2) is 47.5 Å². The van der Waals surface area contributed by atoms with Gasteiger partial charge in [-0.15, -0.1) is 0 Å². The number of morpholine rings is 1. The maximum absolute atomic E-state index is 12.8. The van der Waals surface area contributed by atoms with Gasteiger partial charge in [-0.05, 0) is 24.3 Å². The summed E-state index contributed by atoms with van der Waals surface area (Å²) in [6.07, 6.45) is 1.55. The Morgan fingerprint density at radius 3 is 2.71 bits per heavy atom. The minimum Gasteiger partial charge on any atom is -0.495 e. The molecular weight excluding hydrogens is 386 g/mol. The fourth-order valence-corrected chi connectivity index (χ4v) is 4.07. The number of pyridine rings is 1. The van der Waals surface area contributed by atoms with Crippen molar-refractivity contribution in [3.05, 3.63) is 42.6 Å². The summed E-state index contributed by atoms with van der Waals surface area (Å²) < 4.78 is 42.7. The van der Waals surface area contributed by atoms with Crippen molar-refractivity contribution in [2.45, 2.75) is 4.90 Å². The first-order valence-electron chi connectivity index (χ1n) is 8.60. The Kier molecular flexibility index (Phi) is 6.45. The fraction of sp³-hybridized carbons (Fsp3) is 0.333. The number of hydrogen-bond acceptors (Lipinski definition) is 7. The van der Waals surface area contributed by atoms with Gasteiger partial charge >= 0.3 is 0 Å². The number of sulfonamides is 1. The molecule has 1 aromatic heterocycles. The summed E-state index contributed by atoms with van der Waals surface area (Å²) in [5, 5.41) is 2.62. The summed E-state index contributed by atoms with van der Waals surface area (Å²) in [6.45, 7) is 0.996. The first-order valence-corrected chi connectivity index (χ1v) is 10.0. The van der Waals surface area contributed by atoms with Crippen molar-refractivity contribution in [3.8, 4) is 11.6 Å². The molecule has 10 heteroatoms. The Hall–Kier alpha value is -2.69. The number of nitrogens with one attached hydrogen (secondary N) is 1. The summed E-state index contributed by atoms with van der Waals surface area (Å²) in [5.41, 5.74) is 0.242. The van der Waals surface area contributed by atoms with Crippen LogP contribution in [0.1, 0.15) is 0 Å². The van der Waals surface area contributed by atoms with E-state index in [-0.39, 0.29) is 30.3 Å². The molecule has 0 spiro atoms. The zero-order valence-corrected chi connectivity index (χ0v) is 16.1. The first kappa shape index (κ1) is 20.1. The summed E-state index contributed by atoms with van der Waals surface area (Å²) in [7, 11) is -2.26. The molecule has 1 saturated heterocycles. The van der Waals surface area contributed by atoms with Crippen LogP contribution in [-0.4, -0.2) is 63.6 Å². The van der Waals surface area contributed by atoms with Gasteiger partial charge in [0.1, 0.15) is 5.75 Å². The Morgan fingerprint density at radius 2 is 2.04 bits per heavy atom. The van der Waals surface area contributed by atoms with Crippen molar-refractivity contribution in [2.75, 3.05) is 45.3 Å². The predicted octanol–water partition coefficient (Wildman–Crippen LogP) is 1.13. The molecule has 1 fully saturated rings. The summed E-state index contributed by atoms with van der Waals surface area (Å²) in [6, 6.07) is 9.43. The van der Waals surface area contributed by atoms with Gasteiger partial charge in [0, 0.05) is 25.4 Å². The van der Waals surface area contributed by atoms with E-state index >= 15 is 0 Å². The van der Waals surface area contributed by atoms with Gasteiger partial charge in [-0.1, -0.05) is 6.07 Å². The zero-order valence-electron chi connectivity index (χ0n) is 15.3. The SMILES string of the molecule is COc1ccc(S(=O)(=O)N2CCOCC2)cc1NC(=O)COc1ccccn1. The summed E-state index contributed by atoms with van der Waals surface area (Å²) in [4.78, 5) is 16.3. The van der Waals surface area contributed by atoms with Crippen molar-refractivity contribution >= 4 is 21.6 Å². The largest absolute Gasteiger partial charge is 0.495 e. The Morgan fingerprint density at radius 1 is 1.25 bits per heavy atom. The average molecular weight is 407 g/mol. The van der Waals surface area contributed by atoms with E-state index in [4.69, 9.17) is 14.2 Å². The fourth-order valence-electron chi connectivity index (χ4n) is 2.64. The van der Waals surface area contributed by atoms with Crippen molar-refractivity contribution in [2.24, 2.45) is 0 Å². The van der Waals surface area contributed by atoms with Crippen LogP contribution in [0, 0.1) is 0 Å². The molecule has 0 bridgehead atoms. The smallest absolute Gasteiger partial charge is 0.262 e. The number of benzene rings is 1. The normalized spacial score (nSPS) is 15.0. The van der Waals surface area contributed by atoms with Gasteiger partial charge in [0.15, 0.2) is 6.61 Å². The van der Waals surface area contributed by atoms with Crippen LogP contribution >= 0.6 is 0 Å². The average Bonchev–Trinajstić information content (AvgIpc) is 2.73. The van der Waals surface area contributed by atoms with Crippen LogP contribution in [0.2, 0.25) is 0 Å². The highest BCUT2D eigenvalue weighted by molar-refractivity contribution is 7.89. The van der Waals surface area contributed by atoms with E-state index in [0.717, 1.165) is 0 Å². The third-order valence-electron chi connectivity index (χ3n) is 4.04. The van der Waals surface area contributed by atoms with E-state index in [1.165, 1.54) is 29.6 Å². The number of aromatic nitrogens is 1. The number of hydrogen-bond donors (Lipinski definition) is 1. The molecule has 1 aliphatic rings. The van der Waals surface area contributed by atoms with Gasteiger partial charge in [-0.2, -0.15) is 4.31 Å². The van der Waals surface area contributed by atoms with Crippen molar-refractivity contribution < 1.29 is 27.4 Å². The number of anilines is 1. The van der Waals surface area contributed by atoms with Crippen LogP contribution in [0.5, 0.6) is 11.6 Å². The number of carbonyl (C=O) groups excluding carboxylic acids is 1. The molecule has 0 radical (unpaired) electrons. The monoisotopic (exact) mass is 407 g/mol. The van der Waals surface area contributed by atoms with E-state index in [1.807, 2.05) is 0 Å². The molecule has 1 amide bonds. The van der Waals surface area contributed by atoms with Crippen molar-refractivity contribution in [1.29, 1.82) is 0 Å². The van der Waals surface area contributed by atoms with E-state index in [9.17, 15) is 13.2 Å². The first-order chi connectivity index (χ1) is 13.5. The molecular formula is C18H21N3O6S. The highest BCUT2D eigenvalue weighted by Crippen LogP contribution is 2.29. The minimum absolute atomic E-state index is 0.0659. The van der Waals surface area contributed by atoms with Gasteiger partial charge in [0.25, 0.3) is 5.91 Å². The van der Waals surface area contributed by atoms with Crippen LogP contribution in [0.4, 0.5) is 5.69 Å². The third kappa shape index (κ3) is 4.77. The Balaban J connectivity index is 1.74. The second-order valence-corrected chi connectivity index (χ2v) is 7.82. The van der Waals surface area contributed by atoms with Gasteiger partial charge in [0.05, 0.1) is 30.9 Å². The van der Waals surface area contributed by atoms with Crippen LogP contribution in [-0.2, 0) is 19.6 Å². The molecule has 0 aliphatic carbocycles. The Bertz CT molecular complexity index is 914. The number of methoxy groups -OCH3 is 1. The minimum atomic E-state index is -3.70. The number of nitrogens with zero attached hydrogens (tertiary/aromatic N) is 2. The van der Waals surface area contributed by atoms with Crippen LogP contribution < -0.4 is 14.8 Å². The van der Waals surface area contributed by atoms with Crippen LogP contribution in [0.3, 0.4) is 0 Å². The second-order valence-electron chi connectivity index (χ2n) is 5.88. The third-order valence-corrected chi connectivity index (χ3v) is 5.94. The van der Waals surface area contributed by atoms with Gasteiger partial charge in [-0.25, -0.2) is 13.4 Å². The molecule has 0 unspecified atom stereocenters. The highest BCUT2D eigenvalue weighted by Gasteiger charge is 2.27. The molecule has 3 rings (SSSR count). The molecule has 150 valence electrons. The quantitative estimate of drug-likeness (QED) is 0.733. The zero-order chi connectivity index (χ0) is 20.0. The van der Waals surface area contributed by atoms with Gasteiger partial charge < -0.3 is 19.5 Å². The molecule has 28 heavy (non-hydrogen) atoms. The van der Waals surface area contributed by atoms with Crippen molar-refractivity contribution in [1.82, 2.24) is 9.29 Å². The number of ether oxygens (including phenoxy) is 3. The van der Waals surface area contributed by atoms with E-state index < -0.39 is 15.9 Å². The topological polar surface area (TPSA) is 107 Å². The van der Waals surface area contributed by atoms with E-state index in [1.54, 1.807) is 24.4 Å². The van der Waals surface area contributed by atoms with Crippen LogP contribution in [0.25, 0.3) is 0 Å². The maximum Gasteiger partial charge on any atom is 0.262 e. The lowest BCUT2D eigenvalue weighted by Gasteiger charge is -2.26. The van der Waals surface area contributed by atoms with E-state index in [0.29, 0.717) is 24.8 Å². The molecule has 2 aromatic rings. The molecule has 2 heterocycles. The van der Waals surface area contributed by atoms with Crippen molar-refractivity contribution in [3.63, 3.8) is 0 Å². The molecule has 9 nitrogen and oxygen atoms in total. The second kappa shape index (κ2) is 9.00. The molecule has 1 aliphatic heterocycles. The molecule has 1 aromatic carbocycles. The molecule has 0 atom stereocenters. The van der Waals surface area contributed by atoms with Gasteiger partial charge in [-0.3, -0.25) is 4.79 Å². The lowest BCUT2D eigenvalue weighted by molar-refractivity contribution is -0.118. The number of amides is 1. The standard InChI is InChI=1S/C18H21N3O6S/c1-25-16-6-5-14(28(23,24)21-8-10-26-11-9-21)12-15(16)20-17(22)13-27-18-4-2-3-7-19-18/h2-7,12H,8-11,13H2,1H3,(H,20,22). The maximum atomic E-state index is 12.8. The number of carbonyl (C=O) groups is 1.